The molecule has 0 bridgehead atoms. The summed E-state index contributed by atoms with van der Waals surface area (Å²) in [4.78, 5) is 0. The van der Waals surface area contributed by atoms with Crippen molar-refractivity contribution in [2.45, 2.75) is 5.78 Å². The van der Waals surface area contributed by atoms with E-state index in [0.717, 1.165) is 21.9 Å². The maximum absolute atomic E-state index is 13.3. The van der Waals surface area contributed by atoms with Gasteiger partial charge in [-0.15, -0.1) is 5.11 Å². The minimum Gasteiger partial charge on any atom is -0.247 e. The minimum atomic E-state index is -2.70. The van der Waals surface area contributed by atoms with E-state index in [1.807, 2.05) is 84.9 Å². The molecular formula is C27H27N3OPS+. The quantitative estimate of drug-likeness (QED) is 0.216. The third-order valence-corrected chi connectivity index (χ3v) is 11.0. The van der Waals surface area contributed by atoms with Crippen LogP contribution in [0.5, 0.6) is 0 Å². The molecule has 0 aliphatic heterocycles. The van der Waals surface area contributed by atoms with Crippen LogP contribution in [-0.2, 0) is 9.73 Å². The van der Waals surface area contributed by atoms with E-state index < -0.39 is 22.9 Å². The molecule has 0 saturated heterocycles. The predicted molar refractivity (Wildman–Crippen MR) is 142 cm³/mol. The lowest BCUT2D eigenvalue weighted by atomic mass is 10.2. The molecule has 6 heteroatoms. The number of hydrogen-bond donors (Lipinski definition) is 0. The number of nitrogens with zero attached hydrogens (tertiary/aromatic N) is 3. The number of rotatable bonds is 7. The SMILES string of the molecule is CS(C)(=O)=N[P+](c1ccccc1)(c1ccccc1)[C@@H](N=Nc1ccccc1)c1ccccc1. The zero-order valence-electron chi connectivity index (χ0n) is 18.7. The van der Waals surface area contributed by atoms with Crippen LogP contribution in [0.4, 0.5) is 5.69 Å². The fourth-order valence-corrected chi connectivity index (χ4v) is 10.3. The van der Waals surface area contributed by atoms with Crippen LogP contribution in [0.15, 0.2) is 136 Å². The molecule has 4 aromatic carbocycles. The van der Waals surface area contributed by atoms with Crippen LogP contribution in [-0.4, -0.2) is 16.7 Å². The number of azo groups is 1. The van der Waals surface area contributed by atoms with E-state index in [2.05, 4.69) is 41.5 Å². The van der Waals surface area contributed by atoms with E-state index >= 15 is 0 Å². The van der Waals surface area contributed by atoms with Gasteiger partial charge < -0.3 is 0 Å². The van der Waals surface area contributed by atoms with Crippen LogP contribution < -0.4 is 10.6 Å². The molecule has 33 heavy (non-hydrogen) atoms. The van der Waals surface area contributed by atoms with Gasteiger partial charge in [0.15, 0.2) is 0 Å². The van der Waals surface area contributed by atoms with Gasteiger partial charge in [-0.1, -0.05) is 89.1 Å². The maximum atomic E-state index is 13.3. The Kier molecular flexibility index (Phi) is 7.12. The van der Waals surface area contributed by atoms with Gasteiger partial charge in [0, 0.05) is 18.1 Å². The standard InChI is InChI=1S/C27H27N3OPS/c1-33(2,31)30-32(25-19-11-5-12-20-25,26-21-13-6-14-22-26)27(23-15-7-3-8-16-23)29-28-24-17-9-4-10-18-24/h3-22,27H,1-2H3/q+1/t27-/m1/s1. The van der Waals surface area contributed by atoms with E-state index in [4.69, 9.17) is 9.25 Å². The van der Waals surface area contributed by atoms with Crippen LogP contribution in [0.3, 0.4) is 0 Å². The van der Waals surface area contributed by atoms with Gasteiger partial charge in [-0.3, -0.25) is 0 Å². The molecule has 0 aliphatic carbocycles. The molecule has 0 saturated carbocycles. The lowest BCUT2D eigenvalue weighted by Crippen LogP contribution is -2.26. The van der Waals surface area contributed by atoms with Crippen LogP contribution >= 0.6 is 7.41 Å². The molecule has 4 aromatic rings. The molecule has 0 fully saturated rings. The largest absolute Gasteiger partial charge is 0.247 e. The summed E-state index contributed by atoms with van der Waals surface area (Å²) in [6, 6.07) is 40.1. The van der Waals surface area contributed by atoms with Crippen LogP contribution in [0.25, 0.3) is 0 Å². The van der Waals surface area contributed by atoms with E-state index in [9.17, 15) is 4.21 Å². The van der Waals surface area contributed by atoms with E-state index in [1.54, 1.807) is 12.5 Å². The second-order valence-corrected chi connectivity index (χ2v) is 13.9. The summed E-state index contributed by atoms with van der Waals surface area (Å²) >= 11 is 0. The molecule has 0 radical (unpaired) electrons. The fourth-order valence-electron chi connectivity index (χ4n) is 3.79. The smallest absolute Gasteiger partial charge is 0.239 e. The molecular weight excluding hydrogens is 445 g/mol. The Bertz CT molecular complexity index is 1270. The Morgan fingerprint density at radius 2 is 1.06 bits per heavy atom. The third-order valence-electron chi connectivity index (χ3n) is 5.12. The molecule has 0 amide bonds. The summed E-state index contributed by atoms with van der Waals surface area (Å²) in [5.74, 6) is -0.426. The highest BCUT2D eigenvalue weighted by atomic mass is 32.2. The van der Waals surface area contributed by atoms with Crippen molar-refractivity contribution in [3.8, 4) is 0 Å². The van der Waals surface area contributed by atoms with E-state index in [0.29, 0.717) is 0 Å². The molecule has 1 atom stereocenters. The zero-order chi connectivity index (χ0) is 23.2. The Labute approximate surface area is 197 Å². The van der Waals surface area contributed by atoms with Gasteiger partial charge >= 0.3 is 0 Å². The van der Waals surface area contributed by atoms with Crippen LogP contribution in [0.1, 0.15) is 11.3 Å². The first-order valence-electron chi connectivity index (χ1n) is 10.7. The van der Waals surface area contributed by atoms with Gasteiger partial charge in [0.1, 0.15) is 10.6 Å². The van der Waals surface area contributed by atoms with E-state index in [1.165, 1.54) is 0 Å². The van der Waals surface area contributed by atoms with Crippen molar-refractivity contribution in [2.24, 2.45) is 14.4 Å². The van der Waals surface area contributed by atoms with Gasteiger partial charge in [-0.2, -0.15) is 5.11 Å². The molecule has 0 unspecified atom stereocenters. The van der Waals surface area contributed by atoms with Crippen LogP contribution in [0.2, 0.25) is 0 Å². The fraction of sp³-hybridized carbons (Fsp3) is 0.111. The summed E-state index contributed by atoms with van der Waals surface area (Å²) in [5, 5.41) is 11.6. The van der Waals surface area contributed by atoms with Crippen molar-refractivity contribution in [1.29, 1.82) is 0 Å². The second-order valence-electron chi connectivity index (χ2n) is 7.95. The average Bonchev–Trinajstić information content (AvgIpc) is 2.85. The minimum absolute atomic E-state index is 0.426. The van der Waals surface area contributed by atoms with Gasteiger partial charge in [0.2, 0.25) is 13.2 Å². The van der Waals surface area contributed by atoms with Gasteiger partial charge in [0.05, 0.1) is 15.4 Å². The zero-order valence-corrected chi connectivity index (χ0v) is 20.4. The van der Waals surface area contributed by atoms with Gasteiger partial charge in [-0.05, 0) is 36.4 Å². The molecule has 0 N–H and O–H groups in total. The van der Waals surface area contributed by atoms with Crippen molar-refractivity contribution < 1.29 is 4.21 Å². The molecule has 0 aromatic heterocycles. The highest BCUT2D eigenvalue weighted by molar-refractivity contribution is 8.01. The normalized spacial score (nSPS) is 13.0. The Morgan fingerprint density at radius 1 is 0.636 bits per heavy atom. The van der Waals surface area contributed by atoms with Gasteiger partial charge in [-0.25, -0.2) is 4.21 Å². The molecule has 166 valence electrons. The van der Waals surface area contributed by atoms with E-state index in [-0.39, 0.29) is 0 Å². The Hall–Kier alpha value is -3.14. The summed E-state index contributed by atoms with van der Waals surface area (Å²) in [7, 11) is -5.19. The molecule has 0 heterocycles. The maximum Gasteiger partial charge on any atom is 0.239 e. The highest BCUT2D eigenvalue weighted by Gasteiger charge is 2.54. The predicted octanol–water partition coefficient (Wildman–Crippen LogP) is 6.78. The Balaban J connectivity index is 2.08. The van der Waals surface area contributed by atoms with Gasteiger partial charge in [0.25, 0.3) is 0 Å². The number of hydrogen-bond acceptors (Lipinski definition) is 4. The topological polar surface area (TPSA) is 54.1 Å². The summed E-state index contributed by atoms with van der Waals surface area (Å²) in [6.45, 7) is 0. The first-order valence-corrected chi connectivity index (χ1v) is 14.8. The molecule has 4 nitrogen and oxygen atoms in total. The summed E-state index contributed by atoms with van der Waals surface area (Å²) < 4.78 is 18.5. The van der Waals surface area contributed by atoms with Crippen LogP contribution in [0, 0.1) is 0 Å². The lowest BCUT2D eigenvalue weighted by molar-refractivity contribution is 0.685. The summed E-state index contributed by atoms with van der Waals surface area (Å²) in [6.07, 6.45) is 3.40. The molecule has 4 rings (SSSR count). The lowest BCUT2D eigenvalue weighted by Gasteiger charge is -2.27. The summed E-state index contributed by atoms with van der Waals surface area (Å²) in [5.41, 5.74) is 1.76. The third kappa shape index (κ3) is 5.44. The second kappa shape index (κ2) is 10.2. The monoisotopic (exact) mass is 472 g/mol. The van der Waals surface area contributed by atoms with Crippen molar-refractivity contribution in [2.75, 3.05) is 12.5 Å². The van der Waals surface area contributed by atoms with Crippen molar-refractivity contribution in [1.82, 2.24) is 0 Å². The first kappa shape index (κ1) is 23.0. The van der Waals surface area contributed by atoms with Crippen molar-refractivity contribution >= 4 is 33.4 Å². The average molecular weight is 473 g/mol. The van der Waals surface area contributed by atoms with Crippen molar-refractivity contribution in [3.63, 3.8) is 0 Å². The first-order chi connectivity index (χ1) is 16.0. The molecule has 0 spiro atoms. The number of benzene rings is 4. The van der Waals surface area contributed by atoms with Crippen molar-refractivity contribution in [3.05, 3.63) is 127 Å². The molecule has 0 aliphatic rings. The highest BCUT2D eigenvalue weighted by Crippen LogP contribution is 2.70. The Morgan fingerprint density at radius 3 is 1.52 bits per heavy atom.